The summed E-state index contributed by atoms with van der Waals surface area (Å²) in [6, 6.07) is 0. The van der Waals surface area contributed by atoms with Crippen molar-refractivity contribution < 1.29 is 4.74 Å². The fourth-order valence-electron chi connectivity index (χ4n) is 0.995. The van der Waals surface area contributed by atoms with Crippen LogP contribution in [0, 0.1) is 0 Å². The molecule has 4 nitrogen and oxygen atoms in total. The predicted molar refractivity (Wildman–Crippen MR) is 61.7 cm³/mol. The molecule has 0 aliphatic heterocycles. The number of rotatable bonds is 6. The fraction of sp³-hybridized carbons (Fsp3) is 0.556. The quantitative estimate of drug-likeness (QED) is 0.622. The summed E-state index contributed by atoms with van der Waals surface area (Å²) in [5, 5.41) is 3.72. The monoisotopic (exact) mass is 249 g/mol. The van der Waals surface area contributed by atoms with Gasteiger partial charge >= 0.3 is 0 Å². The lowest BCUT2D eigenvalue weighted by Crippen LogP contribution is -2.07. The number of hydrogen-bond acceptors (Lipinski definition) is 4. The lowest BCUT2D eigenvalue weighted by molar-refractivity contribution is 0.147. The Morgan fingerprint density at radius 2 is 2.27 bits per heavy atom. The fourth-order valence-corrected chi connectivity index (χ4v) is 1.29. The topological polar surface area (TPSA) is 47.0 Å². The Hall–Kier alpha value is -0.580. The number of hydrogen-bond donors (Lipinski definition) is 1. The van der Waals surface area contributed by atoms with Gasteiger partial charge in [0.25, 0.3) is 0 Å². The SMILES string of the molecule is CCOCCCNc1nc(Cl)ncc1Cl. The van der Waals surface area contributed by atoms with Crippen molar-refractivity contribution >= 4 is 29.0 Å². The molecule has 0 fully saturated rings. The molecule has 0 amide bonds. The minimum absolute atomic E-state index is 0.187. The molecule has 84 valence electrons. The van der Waals surface area contributed by atoms with Gasteiger partial charge in [0.1, 0.15) is 10.8 Å². The second-order valence-corrected chi connectivity index (χ2v) is 3.56. The smallest absolute Gasteiger partial charge is 0.224 e. The van der Waals surface area contributed by atoms with Crippen LogP contribution in [0.25, 0.3) is 0 Å². The first-order chi connectivity index (χ1) is 7.24. The third kappa shape index (κ3) is 4.64. The van der Waals surface area contributed by atoms with Crippen LogP contribution in [0.15, 0.2) is 6.20 Å². The summed E-state index contributed by atoms with van der Waals surface area (Å²) in [4.78, 5) is 7.72. The zero-order chi connectivity index (χ0) is 11.1. The van der Waals surface area contributed by atoms with Crippen LogP contribution in [0.4, 0.5) is 5.82 Å². The number of nitrogens with zero attached hydrogens (tertiary/aromatic N) is 2. The van der Waals surface area contributed by atoms with Crippen molar-refractivity contribution in [1.29, 1.82) is 0 Å². The Morgan fingerprint density at radius 1 is 1.47 bits per heavy atom. The average Bonchev–Trinajstić information content (AvgIpc) is 2.23. The molecule has 0 aliphatic rings. The van der Waals surface area contributed by atoms with Crippen LogP contribution in [0.2, 0.25) is 10.3 Å². The molecule has 0 saturated heterocycles. The highest BCUT2D eigenvalue weighted by Gasteiger charge is 2.02. The standard InChI is InChI=1S/C9H13Cl2N3O/c1-2-15-5-3-4-12-8-7(10)6-13-9(11)14-8/h6H,2-5H2,1H3,(H,12,13,14). The Balaban J connectivity index is 2.33. The van der Waals surface area contributed by atoms with E-state index in [0.29, 0.717) is 10.8 Å². The van der Waals surface area contributed by atoms with Gasteiger partial charge in [-0.2, -0.15) is 4.98 Å². The molecule has 1 heterocycles. The maximum Gasteiger partial charge on any atom is 0.224 e. The summed E-state index contributed by atoms with van der Waals surface area (Å²) in [6.07, 6.45) is 2.37. The van der Waals surface area contributed by atoms with Crippen molar-refractivity contribution in [2.24, 2.45) is 0 Å². The Labute approximate surface area is 99.0 Å². The van der Waals surface area contributed by atoms with Gasteiger partial charge in [-0.3, -0.25) is 0 Å². The Bertz CT molecular complexity index is 309. The third-order valence-electron chi connectivity index (χ3n) is 1.68. The van der Waals surface area contributed by atoms with Crippen molar-refractivity contribution in [2.45, 2.75) is 13.3 Å². The highest BCUT2D eigenvalue weighted by Crippen LogP contribution is 2.18. The van der Waals surface area contributed by atoms with E-state index in [9.17, 15) is 0 Å². The second kappa shape index (κ2) is 6.82. The zero-order valence-electron chi connectivity index (χ0n) is 8.46. The van der Waals surface area contributed by atoms with Crippen LogP contribution in [-0.2, 0) is 4.74 Å². The molecule has 1 N–H and O–H groups in total. The largest absolute Gasteiger partial charge is 0.382 e. The van der Waals surface area contributed by atoms with E-state index in [1.165, 1.54) is 6.20 Å². The van der Waals surface area contributed by atoms with E-state index >= 15 is 0 Å². The first kappa shape index (κ1) is 12.5. The van der Waals surface area contributed by atoms with E-state index in [1.54, 1.807) is 0 Å². The lowest BCUT2D eigenvalue weighted by atomic mass is 10.4. The van der Waals surface area contributed by atoms with Gasteiger partial charge in [0.15, 0.2) is 0 Å². The van der Waals surface area contributed by atoms with Crippen molar-refractivity contribution in [2.75, 3.05) is 25.1 Å². The molecule has 0 unspecified atom stereocenters. The van der Waals surface area contributed by atoms with E-state index in [-0.39, 0.29) is 5.28 Å². The van der Waals surface area contributed by atoms with E-state index in [2.05, 4.69) is 15.3 Å². The van der Waals surface area contributed by atoms with Crippen LogP contribution in [0.5, 0.6) is 0 Å². The zero-order valence-corrected chi connectivity index (χ0v) is 9.98. The van der Waals surface area contributed by atoms with Crippen LogP contribution < -0.4 is 5.32 Å². The molecule has 1 aromatic rings. The molecular formula is C9H13Cl2N3O. The molecule has 15 heavy (non-hydrogen) atoms. The van der Waals surface area contributed by atoms with Gasteiger partial charge in [0.2, 0.25) is 5.28 Å². The van der Waals surface area contributed by atoms with E-state index in [4.69, 9.17) is 27.9 Å². The highest BCUT2D eigenvalue weighted by molar-refractivity contribution is 6.33. The molecule has 1 aromatic heterocycles. The van der Waals surface area contributed by atoms with Gasteiger partial charge in [-0.1, -0.05) is 11.6 Å². The van der Waals surface area contributed by atoms with Crippen molar-refractivity contribution in [1.82, 2.24) is 9.97 Å². The predicted octanol–water partition coefficient (Wildman–Crippen LogP) is 2.62. The molecule has 0 bridgehead atoms. The summed E-state index contributed by atoms with van der Waals surface area (Å²) >= 11 is 11.5. The first-order valence-electron chi connectivity index (χ1n) is 4.73. The van der Waals surface area contributed by atoms with Gasteiger partial charge in [-0.15, -0.1) is 0 Å². The van der Waals surface area contributed by atoms with Gasteiger partial charge in [-0.25, -0.2) is 4.98 Å². The van der Waals surface area contributed by atoms with Crippen molar-refractivity contribution in [3.05, 3.63) is 16.5 Å². The number of aromatic nitrogens is 2. The Morgan fingerprint density at radius 3 is 3.00 bits per heavy atom. The summed E-state index contributed by atoms with van der Waals surface area (Å²) in [7, 11) is 0. The van der Waals surface area contributed by atoms with Gasteiger partial charge in [-0.05, 0) is 24.9 Å². The summed E-state index contributed by atoms with van der Waals surface area (Å²) in [5.74, 6) is 0.563. The van der Waals surface area contributed by atoms with Crippen molar-refractivity contribution in [3.8, 4) is 0 Å². The number of anilines is 1. The third-order valence-corrected chi connectivity index (χ3v) is 2.14. The van der Waals surface area contributed by atoms with Crippen LogP contribution in [0.3, 0.4) is 0 Å². The molecule has 0 atom stereocenters. The summed E-state index contributed by atoms with van der Waals surface area (Å²) in [6.45, 7) is 4.17. The molecule has 0 radical (unpaired) electrons. The first-order valence-corrected chi connectivity index (χ1v) is 5.49. The van der Waals surface area contributed by atoms with Crippen molar-refractivity contribution in [3.63, 3.8) is 0 Å². The maximum absolute atomic E-state index is 5.86. The number of halogens is 2. The second-order valence-electron chi connectivity index (χ2n) is 2.81. The van der Waals surface area contributed by atoms with E-state index < -0.39 is 0 Å². The van der Waals surface area contributed by atoms with Crippen LogP contribution in [-0.4, -0.2) is 29.7 Å². The number of nitrogens with one attached hydrogen (secondary N) is 1. The Kier molecular flexibility index (Phi) is 5.68. The number of ether oxygens (including phenoxy) is 1. The molecule has 0 aliphatic carbocycles. The molecule has 1 rings (SSSR count). The van der Waals surface area contributed by atoms with Gasteiger partial charge in [0, 0.05) is 19.8 Å². The normalized spacial score (nSPS) is 10.3. The summed E-state index contributed by atoms with van der Waals surface area (Å²) in [5.41, 5.74) is 0. The minimum atomic E-state index is 0.187. The van der Waals surface area contributed by atoms with E-state index in [0.717, 1.165) is 26.2 Å². The molecule has 0 saturated carbocycles. The van der Waals surface area contributed by atoms with Crippen LogP contribution >= 0.6 is 23.2 Å². The maximum atomic E-state index is 5.86. The minimum Gasteiger partial charge on any atom is -0.382 e. The molecule has 6 heteroatoms. The highest BCUT2D eigenvalue weighted by atomic mass is 35.5. The lowest BCUT2D eigenvalue weighted by Gasteiger charge is -2.06. The molecule has 0 aromatic carbocycles. The molecule has 0 spiro atoms. The van der Waals surface area contributed by atoms with Crippen LogP contribution in [0.1, 0.15) is 13.3 Å². The molecular weight excluding hydrogens is 237 g/mol. The van der Waals surface area contributed by atoms with E-state index in [1.807, 2.05) is 6.92 Å². The van der Waals surface area contributed by atoms with Gasteiger partial charge < -0.3 is 10.1 Å². The van der Waals surface area contributed by atoms with Gasteiger partial charge in [0.05, 0.1) is 6.20 Å². The average molecular weight is 250 g/mol. The summed E-state index contributed by atoms with van der Waals surface area (Å²) < 4.78 is 5.19.